The number of carbonyl (C=O) groups excluding carboxylic acids is 3. The van der Waals surface area contributed by atoms with Gasteiger partial charge in [-0.3, -0.25) is 14.5 Å². The Morgan fingerprint density at radius 2 is 1.68 bits per heavy atom. The SMILES string of the molecule is CCC1(c2ccccc2)NC(=O)N(CC(=O)NC2(c3ccc(F)cc3)CCCC2)C1=O. The lowest BCUT2D eigenvalue weighted by atomic mass is 9.87. The number of nitrogens with one attached hydrogen (secondary N) is 2. The molecule has 1 aliphatic carbocycles. The molecule has 2 aliphatic rings. The molecule has 31 heavy (non-hydrogen) atoms. The standard InChI is InChI=1S/C24H26FN3O3/c1-2-24(18-8-4-3-5-9-18)21(30)28(22(31)27-24)16-20(29)26-23(14-6-7-15-23)17-10-12-19(25)13-11-17/h3-5,8-13H,2,6-7,14-16H2,1H3,(H,26,29)(H,27,31). The molecule has 0 spiro atoms. The minimum atomic E-state index is -1.17. The van der Waals surface area contributed by atoms with Gasteiger partial charge in [0.15, 0.2) is 0 Å². The number of carbonyl (C=O) groups is 3. The second-order valence-corrected chi connectivity index (χ2v) is 8.29. The summed E-state index contributed by atoms with van der Waals surface area (Å²) in [5.41, 5.74) is -0.243. The maximum atomic E-state index is 13.4. The molecule has 2 N–H and O–H groups in total. The highest BCUT2D eigenvalue weighted by atomic mass is 19.1. The van der Waals surface area contributed by atoms with E-state index in [1.165, 1.54) is 12.1 Å². The van der Waals surface area contributed by atoms with E-state index in [0.717, 1.165) is 36.1 Å². The van der Waals surface area contributed by atoms with Crippen LogP contribution in [-0.2, 0) is 20.7 Å². The minimum Gasteiger partial charge on any atom is -0.345 e. The molecule has 1 unspecified atom stereocenters. The molecule has 1 aliphatic heterocycles. The second-order valence-electron chi connectivity index (χ2n) is 8.29. The van der Waals surface area contributed by atoms with E-state index in [9.17, 15) is 18.8 Å². The molecule has 1 saturated heterocycles. The average molecular weight is 423 g/mol. The van der Waals surface area contributed by atoms with Crippen LogP contribution in [0.3, 0.4) is 0 Å². The first-order valence-electron chi connectivity index (χ1n) is 10.7. The quantitative estimate of drug-likeness (QED) is 0.698. The van der Waals surface area contributed by atoms with Crippen LogP contribution in [0.4, 0.5) is 9.18 Å². The molecule has 6 nitrogen and oxygen atoms in total. The number of hydrogen-bond donors (Lipinski definition) is 2. The van der Waals surface area contributed by atoms with Gasteiger partial charge in [0.2, 0.25) is 5.91 Å². The molecule has 0 radical (unpaired) electrons. The van der Waals surface area contributed by atoms with Crippen LogP contribution in [0.25, 0.3) is 0 Å². The van der Waals surface area contributed by atoms with E-state index in [1.54, 1.807) is 24.3 Å². The summed E-state index contributed by atoms with van der Waals surface area (Å²) in [6, 6.07) is 14.6. The molecule has 7 heteroatoms. The summed E-state index contributed by atoms with van der Waals surface area (Å²) < 4.78 is 13.4. The highest BCUT2D eigenvalue weighted by Crippen LogP contribution is 2.39. The van der Waals surface area contributed by atoms with Gasteiger partial charge in [-0.25, -0.2) is 9.18 Å². The van der Waals surface area contributed by atoms with Crippen molar-refractivity contribution < 1.29 is 18.8 Å². The molecular formula is C24H26FN3O3. The van der Waals surface area contributed by atoms with Gasteiger partial charge in [-0.15, -0.1) is 0 Å². The van der Waals surface area contributed by atoms with E-state index in [0.29, 0.717) is 12.0 Å². The zero-order valence-corrected chi connectivity index (χ0v) is 17.5. The third kappa shape index (κ3) is 3.69. The van der Waals surface area contributed by atoms with E-state index in [4.69, 9.17) is 0 Å². The Kier molecular flexibility index (Phi) is 5.52. The summed E-state index contributed by atoms with van der Waals surface area (Å²) in [5.74, 6) is -1.17. The van der Waals surface area contributed by atoms with Crippen molar-refractivity contribution >= 4 is 17.8 Å². The summed E-state index contributed by atoms with van der Waals surface area (Å²) >= 11 is 0. The lowest BCUT2D eigenvalue weighted by Gasteiger charge is -2.32. The van der Waals surface area contributed by atoms with Crippen LogP contribution in [0.1, 0.15) is 50.2 Å². The van der Waals surface area contributed by atoms with Crippen LogP contribution in [0.2, 0.25) is 0 Å². The summed E-state index contributed by atoms with van der Waals surface area (Å²) in [4.78, 5) is 39.9. The van der Waals surface area contributed by atoms with Crippen molar-refractivity contribution in [2.75, 3.05) is 6.54 Å². The predicted octanol–water partition coefficient (Wildman–Crippen LogP) is 3.57. The van der Waals surface area contributed by atoms with Gasteiger partial charge in [-0.05, 0) is 42.5 Å². The van der Waals surface area contributed by atoms with Gasteiger partial charge in [0.25, 0.3) is 5.91 Å². The largest absolute Gasteiger partial charge is 0.345 e. The minimum absolute atomic E-state index is 0.334. The number of halogens is 1. The third-order valence-corrected chi connectivity index (χ3v) is 6.51. The number of benzene rings is 2. The van der Waals surface area contributed by atoms with Gasteiger partial charge in [-0.1, -0.05) is 62.2 Å². The fraction of sp³-hybridized carbons (Fsp3) is 0.375. The van der Waals surface area contributed by atoms with Crippen LogP contribution >= 0.6 is 0 Å². The van der Waals surface area contributed by atoms with Crippen molar-refractivity contribution in [1.82, 2.24) is 15.5 Å². The number of urea groups is 1. The Hall–Kier alpha value is -3.22. The van der Waals surface area contributed by atoms with E-state index in [1.807, 2.05) is 25.1 Å². The molecule has 2 aromatic carbocycles. The Morgan fingerprint density at radius 1 is 1.03 bits per heavy atom. The van der Waals surface area contributed by atoms with Crippen molar-refractivity contribution in [3.05, 3.63) is 71.5 Å². The molecule has 1 heterocycles. The van der Waals surface area contributed by atoms with Gasteiger partial charge >= 0.3 is 6.03 Å². The monoisotopic (exact) mass is 423 g/mol. The topological polar surface area (TPSA) is 78.5 Å². The molecule has 4 amide bonds. The van der Waals surface area contributed by atoms with Crippen LogP contribution in [0.15, 0.2) is 54.6 Å². The maximum Gasteiger partial charge on any atom is 0.325 e. The Balaban J connectivity index is 1.53. The molecule has 0 bridgehead atoms. The third-order valence-electron chi connectivity index (χ3n) is 6.51. The molecule has 0 aromatic heterocycles. The van der Waals surface area contributed by atoms with Crippen molar-refractivity contribution in [3.63, 3.8) is 0 Å². The van der Waals surface area contributed by atoms with Crippen LogP contribution in [-0.4, -0.2) is 29.3 Å². The van der Waals surface area contributed by atoms with Crippen molar-refractivity contribution in [2.24, 2.45) is 0 Å². The molecule has 2 fully saturated rings. The number of nitrogens with zero attached hydrogens (tertiary/aromatic N) is 1. The lowest BCUT2D eigenvalue weighted by molar-refractivity contribution is -0.136. The Labute approximate surface area is 180 Å². The molecular weight excluding hydrogens is 397 g/mol. The molecule has 2 aromatic rings. The van der Waals surface area contributed by atoms with E-state index in [2.05, 4.69) is 10.6 Å². The number of rotatable bonds is 6. The van der Waals surface area contributed by atoms with Gasteiger partial charge in [0.05, 0.1) is 5.54 Å². The highest BCUT2D eigenvalue weighted by Gasteiger charge is 2.52. The Morgan fingerprint density at radius 3 is 2.29 bits per heavy atom. The smallest absolute Gasteiger partial charge is 0.325 e. The van der Waals surface area contributed by atoms with Crippen LogP contribution in [0.5, 0.6) is 0 Å². The first kappa shape index (κ1) is 21.0. The van der Waals surface area contributed by atoms with Crippen molar-refractivity contribution in [3.8, 4) is 0 Å². The molecule has 162 valence electrons. The number of hydrogen-bond acceptors (Lipinski definition) is 3. The zero-order chi connectivity index (χ0) is 22.1. The average Bonchev–Trinajstić information content (AvgIpc) is 3.34. The highest BCUT2D eigenvalue weighted by molar-refractivity contribution is 6.09. The summed E-state index contributed by atoms with van der Waals surface area (Å²) in [5, 5.41) is 5.84. The fourth-order valence-electron chi connectivity index (χ4n) is 4.82. The lowest BCUT2D eigenvalue weighted by Crippen LogP contribution is -2.49. The van der Waals surface area contributed by atoms with Gasteiger partial charge in [0.1, 0.15) is 17.9 Å². The van der Waals surface area contributed by atoms with E-state index in [-0.39, 0.29) is 12.4 Å². The van der Waals surface area contributed by atoms with Crippen LogP contribution in [0, 0.1) is 5.82 Å². The normalized spacial score (nSPS) is 22.5. The maximum absolute atomic E-state index is 13.4. The molecule has 4 rings (SSSR count). The van der Waals surface area contributed by atoms with Crippen molar-refractivity contribution in [2.45, 2.75) is 50.1 Å². The van der Waals surface area contributed by atoms with Crippen LogP contribution < -0.4 is 10.6 Å². The van der Waals surface area contributed by atoms with Gasteiger partial charge in [0, 0.05) is 0 Å². The number of amides is 4. The summed E-state index contributed by atoms with van der Waals surface area (Å²) in [7, 11) is 0. The molecule has 1 atom stereocenters. The van der Waals surface area contributed by atoms with E-state index >= 15 is 0 Å². The second kappa shape index (κ2) is 8.13. The Bertz CT molecular complexity index is 987. The van der Waals surface area contributed by atoms with Gasteiger partial charge in [-0.2, -0.15) is 0 Å². The first-order valence-corrected chi connectivity index (χ1v) is 10.7. The summed E-state index contributed by atoms with van der Waals surface area (Å²) in [6.45, 7) is 1.47. The summed E-state index contributed by atoms with van der Waals surface area (Å²) in [6.07, 6.45) is 3.71. The molecule has 1 saturated carbocycles. The number of imide groups is 1. The first-order chi connectivity index (χ1) is 14.9. The van der Waals surface area contributed by atoms with E-state index < -0.39 is 28.9 Å². The van der Waals surface area contributed by atoms with Gasteiger partial charge < -0.3 is 10.6 Å². The van der Waals surface area contributed by atoms with Crippen molar-refractivity contribution in [1.29, 1.82) is 0 Å². The zero-order valence-electron chi connectivity index (χ0n) is 17.5. The fourth-order valence-corrected chi connectivity index (χ4v) is 4.82. The predicted molar refractivity (Wildman–Crippen MR) is 113 cm³/mol.